The van der Waals surface area contributed by atoms with Crippen molar-refractivity contribution < 1.29 is 9.84 Å². The average Bonchev–Trinajstić information content (AvgIpc) is 2.67. The Balaban J connectivity index is 1.66. The lowest BCUT2D eigenvalue weighted by molar-refractivity contribution is 0.0824. The lowest BCUT2D eigenvalue weighted by Crippen LogP contribution is -2.39. The molecule has 0 amide bonds. The first-order valence-electron chi connectivity index (χ1n) is 9.76. The van der Waals surface area contributed by atoms with Gasteiger partial charge in [-0.1, -0.05) is 12.1 Å². The van der Waals surface area contributed by atoms with Gasteiger partial charge in [0.15, 0.2) is 5.96 Å². The molecule has 0 aliphatic carbocycles. The fourth-order valence-electron chi connectivity index (χ4n) is 3.09. The lowest BCUT2D eigenvalue weighted by atomic mass is 10.1. The van der Waals surface area contributed by atoms with Gasteiger partial charge in [-0.2, -0.15) is 0 Å². The first-order chi connectivity index (χ1) is 12.7. The molecule has 0 spiro atoms. The fraction of sp³-hybridized carbons (Fsp3) is 0.650. The number of hydrogen-bond acceptors (Lipinski definition) is 4. The van der Waals surface area contributed by atoms with Crippen LogP contribution in [0.5, 0.6) is 5.75 Å². The topological polar surface area (TPSA) is 69.1 Å². The Kier molecular flexibility index (Phi) is 9.28. The highest BCUT2D eigenvalue weighted by Crippen LogP contribution is 2.11. The molecule has 0 saturated carbocycles. The van der Waals surface area contributed by atoms with Crippen molar-refractivity contribution in [2.24, 2.45) is 4.99 Å². The van der Waals surface area contributed by atoms with Crippen molar-refractivity contribution in [2.75, 3.05) is 46.4 Å². The van der Waals surface area contributed by atoms with Crippen LogP contribution in [0.2, 0.25) is 0 Å². The van der Waals surface area contributed by atoms with Gasteiger partial charge in [0.25, 0.3) is 0 Å². The molecule has 3 N–H and O–H groups in total. The molecule has 26 heavy (non-hydrogen) atoms. The number of aliphatic hydroxyl groups excluding tert-OH is 1. The van der Waals surface area contributed by atoms with Crippen LogP contribution in [0.25, 0.3) is 0 Å². The number of likely N-dealkylation sites (tertiary alicyclic amines) is 1. The third-order valence-corrected chi connectivity index (χ3v) is 4.67. The Labute approximate surface area is 157 Å². The predicted octanol–water partition coefficient (Wildman–Crippen LogP) is 1.64. The predicted molar refractivity (Wildman–Crippen MR) is 107 cm³/mol. The van der Waals surface area contributed by atoms with Crippen molar-refractivity contribution >= 4 is 5.96 Å². The molecule has 1 fully saturated rings. The Morgan fingerprint density at radius 1 is 1.23 bits per heavy atom. The first kappa shape index (κ1) is 20.5. The third kappa shape index (κ3) is 7.62. The van der Waals surface area contributed by atoms with Crippen LogP contribution in [-0.2, 0) is 6.42 Å². The Morgan fingerprint density at radius 2 is 1.96 bits per heavy atom. The van der Waals surface area contributed by atoms with Crippen molar-refractivity contribution in [1.29, 1.82) is 0 Å². The molecule has 0 radical (unpaired) electrons. The van der Waals surface area contributed by atoms with Crippen LogP contribution in [0.4, 0.5) is 0 Å². The van der Waals surface area contributed by atoms with E-state index < -0.39 is 0 Å². The zero-order valence-electron chi connectivity index (χ0n) is 16.2. The van der Waals surface area contributed by atoms with E-state index in [0.29, 0.717) is 0 Å². The van der Waals surface area contributed by atoms with Crippen molar-refractivity contribution in [3.05, 3.63) is 29.8 Å². The van der Waals surface area contributed by atoms with Gasteiger partial charge in [-0.15, -0.1) is 0 Å². The molecule has 1 aliphatic heterocycles. The van der Waals surface area contributed by atoms with Crippen LogP contribution in [0.3, 0.4) is 0 Å². The van der Waals surface area contributed by atoms with Gasteiger partial charge < -0.3 is 25.4 Å². The van der Waals surface area contributed by atoms with Gasteiger partial charge in [-0.25, -0.2) is 0 Å². The van der Waals surface area contributed by atoms with E-state index in [1.807, 2.05) is 12.1 Å². The van der Waals surface area contributed by atoms with Gasteiger partial charge in [-0.05, 0) is 56.8 Å². The van der Waals surface area contributed by atoms with Crippen molar-refractivity contribution in [1.82, 2.24) is 15.5 Å². The van der Waals surface area contributed by atoms with Crippen molar-refractivity contribution in [2.45, 2.75) is 38.7 Å². The molecule has 0 bridgehead atoms. The average molecular weight is 363 g/mol. The van der Waals surface area contributed by atoms with E-state index >= 15 is 0 Å². The molecule has 1 saturated heterocycles. The van der Waals surface area contributed by atoms with E-state index in [0.717, 1.165) is 76.7 Å². The van der Waals surface area contributed by atoms with Crippen LogP contribution < -0.4 is 15.4 Å². The highest BCUT2D eigenvalue weighted by molar-refractivity contribution is 5.79. The molecule has 6 nitrogen and oxygen atoms in total. The molecule has 2 rings (SSSR count). The van der Waals surface area contributed by atoms with Gasteiger partial charge in [-0.3, -0.25) is 4.99 Å². The minimum absolute atomic E-state index is 0.0977. The zero-order chi connectivity index (χ0) is 18.6. The summed E-state index contributed by atoms with van der Waals surface area (Å²) in [6.07, 6.45) is 3.70. The monoisotopic (exact) mass is 362 g/mol. The quantitative estimate of drug-likeness (QED) is 0.354. The number of guanidine groups is 1. The van der Waals surface area contributed by atoms with E-state index in [1.165, 1.54) is 5.56 Å². The minimum Gasteiger partial charge on any atom is -0.497 e. The normalized spacial score (nSPS) is 16.5. The number of hydrogen-bond donors (Lipinski definition) is 3. The first-order valence-corrected chi connectivity index (χ1v) is 9.76. The van der Waals surface area contributed by atoms with E-state index in [4.69, 9.17) is 4.74 Å². The molecule has 0 atom stereocenters. The van der Waals surface area contributed by atoms with Crippen molar-refractivity contribution in [3.8, 4) is 5.75 Å². The standard InChI is InChI=1S/C20H34N4O2/c1-3-21-20(22-12-4-14-24-15-10-18(25)11-16-24)23-13-9-17-5-7-19(26-2)8-6-17/h5-8,18,25H,3-4,9-16H2,1-2H3,(H2,21,22,23). The molecule has 0 unspecified atom stereocenters. The molecule has 6 heteroatoms. The number of benzene rings is 1. The Hall–Kier alpha value is -1.79. The van der Waals surface area contributed by atoms with Gasteiger partial charge >= 0.3 is 0 Å². The number of aliphatic hydroxyl groups is 1. The third-order valence-electron chi connectivity index (χ3n) is 4.67. The number of aliphatic imine (C=N–C) groups is 1. The number of methoxy groups -OCH3 is 1. The number of nitrogens with zero attached hydrogens (tertiary/aromatic N) is 2. The maximum absolute atomic E-state index is 9.55. The summed E-state index contributed by atoms with van der Waals surface area (Å²) in [5, 5.41) is 16.3. The molecule has 1 aromatic carbocycles. The summed E-state index contributed by atoms with van der Waals surface area (Å²) in [5.74, 6) is 1.77. The molecule has 1 heterocycles. The fourth-order valence-corrected chi connectivity index (χ4v) is 3.09. The Morgan fingerprint density at radius 3 is 2.62 bits per heavy atom. The summed E-state index contributed by atoms with van der Waals surface area (Å²) in [6.45, 7) is 7.68. The second kappa shape index (κ2) is 11.8. The zero-order valence-corrected chi connectivity index (χ0v) is 16.2. The molecule has 1 aromatic rings. The van der Waals surface area contributed by atoms with Crippen molar-refractivity contribution in [3.63, 3.8) is 0 Å². The summed E-state index contributed by atoms with van der Waals surface area (Å²) in [4.78, 5) is 7.09. The van der Waals surface area contributed by atoms with E-state index in [-0.39, 0.29) is 6.10 Å². The summed E-state index contributed by atoms with van der Waals surface area (Å²) in [7, 11) is 1.68. The summed E-state index contributed by atoms with van der Waals surface area (Å²) < 4.78 is 5.19. The second-order valence-electron chi connectivity index (χ2n) is 6.71. The highest BCUT2D eigenvalue weighted by atomic mass is 16.5. The molecule has 1 aliphatic rings. The number of ether oxygens (including phenoxy) is 1. The van der Waals surface area contributed by atoms with Crippen LogP contribution in [0.1, 0.15) is 31.7 Å². The van der Waals surface area contributed by atoms with Gasteiger partial charge in [0.05, 0.1) is 13.2 Å². The van der Waals surface area contributed by atoms with Gasteiger partial charge in [0, 0.05) is 32.7 Å². The van der Waals surface area contributed by atoms with E-state index in [1.54, 1.807) is 7.11 Å². The second-order valence-corrected chi connectivity index (χ2v) is 6.71. The minimum atomic E-state index is -0.0977. The van der Waals surface area contributed by atoms with Crippen LogP contribution in [-0.4, -0.2) is 68.4 Å². The molecular formula is C20H34N4O2. The SMILES string of the molecule is CCNC(=NCCCN1CCC(O)CC1)NCCc1ccc(OC)cc1. The van der Waals surface area contributed by atoms with Crippen LogP contribution >= 0.6 is 0 Å². The van der Waals surface area contributed by atoms with E-state index in [9.17, 15) is 5.11 Å². The maximum atomic E-state index is 9.55. The van der Waals surface area contributed by atoms with Gasteiger partial charge in [0.2, 0.25) is 0 Å². The smallest absolute Gasteiger partial charge is 0.191 e. The molecule has 146 valence electrons. The largest absolute Gasteiger partial charge is 0.497 e. The molecular weight excluding hydrogens is 328 g/mol. The number of piperidine rings is 1. The van der Waals surface area contributed by atoms with Gasteiger partial charge in [0.1, 0.15) is 5.75 Å². The highest BCUT2D eigenvalue weighted by Gasteiger charge is 2.15. The summed E-state index contributed by atoms with van der Waals surface area (Å²) in [5.41, 5.74) is 1.28. The number of nitrogens with one attached hydrogen (secondary N) is 2. The Bertz CT molecular complexity index is 525. The van der Waals surface area contributed by atoms with Crippen LogP contribution in [0, 0.1) is 0 Å². The van der Waals surface area contributed by atoms with E-state index in [2.05, 4.69) is 39.6 Å². The van der Waals surface area contributed by atoms with Crippen LogP contribution in [0.15, 0.2) is 29.3 Å². The summed E-state index contributed by atoms with van der Waals surface area (Å²) >= 11 is 0. The maximum Gasteiger partial charge on any atom is 0.191 e. The molecule has 0 aromatic heterocycles. The lowest BCUT2D eigenvalue weighted by Gasteiger charge is -2.29. The number of rotatable bonds is 9. The summed E-state index contributed by atoms with van der Waals surface area (Å²) in [6, 6.07) is 8.18.